The summed E-state index contributed by atoms with van der Waals surface area (Å²) in [7, 11) is 0. The zero-order valence-corrected chi connectivity index (χ0v) is 13.1. The summed E-state index contributed by atoms with van der Waals surface area (Å²) in [5, 5.41) is 5.05. The predicted octanol–water partition coefficient (Wildman–Crippen LogP) is 5.61. The molecule has 106 valence electrons. The van der Waals surface area contributed by atoms with Gasteiger partial charge in [-0.2, -0.15) is 0 Å². The molecule has 1 N–H and O–H groups in total. The molecular weight excluding hydrogens is 277 g/mol. The van der Waals surface area contributed by atoms with Crippen molar-refractivity contribution in [1.29, 1.82) is 0 Å². The molecule has 0 amide bonds. The molecule has 3 heteroatoms. The molecule has 0 spiro atoms. The first-order chi connectivity index (χ1) is 9.20. The fourth-order valence-corrected chi connectivity index (χ4v) is 3.64. The van der Waals surface area contributed by atoms with Gasteiger partial charge in [-0.15, -0.1) is 0 Å². The minimum atomic E-state index is 0.357. The number of nitrogens with one attached hydrogen (secondary N) is 1. The smallest absolute Gasteiger partial charge is 0.0468 e. The van der Waals surface area contributed by atoms with E-state index < -0.39 is 0 Å². The number of halogens is 2. The Morgan fingerprint density at radius 2 is 2.00 bits per heavy atom. The van der Waals surface area contributed by atoms with Gasteiger partial charge in [-0.3, -0.25) is 0 Å². The van der Waals surface area contributed by atoms with E-state index in [0.29, 0.717) is 11.1 Å². The van der Waals surface area contributed by atoms with Crippen LogP contribution in [0, 0.1) is 5.92 Å². The van der Waals surface area contributed by atoms with Crippen molar-refractivity contribution in [3.63, 3.8) is 0 Å². The van der Waals surface area contributed by atoms with Gasteiger partial charge < -0.3 is 5.32 Å². The van der Waals surface area contributed by atoms with Crippen molar-refractivity contribution in [3.8, 4) is 0 Å². The van der Waals surface area contributed by atoms with Gasteiger partial charge in [-0.1, -0.05) is 61.9 Å². The van der Waals surface area contributed by atoms with Crippen molar-refractivity contribution in [2.75, 3.05) is 6.54 Å². The molecular formula is C16H23Cl2N. The molecule has 0 bridgehead atoms. The van der Waals surface area contributed by atoms with Crippen LogP contribution in [-0.4, -0.2) is 6.54 Å². The molecule has 1 atom stereocenters. The zero-order chi connectivity index (χ0) is 13.7. The molecule has 1 aliphatic carbocycles. The highest BCUT2D eigenvalue weighted by Gasteiger charge is 2.19. The van der Waals surface area contributed by atoms with Gasteiger partial charge in [-0.25, -0.2) is 0 Å². The lowest BCUT2D eigenvalue weighted by Gasteiger charge is -2.21. The monoisotopic (exact) mass is 299 g/mol. The van der Waals surface area contributed by atoms with Crippen LogP contribution in [-0.2, 0) is 0 Å². The third kappa shape index (κ3) is 4.37. The van der Waals surface area contributed by atoms with E-state index in [9.17, 15) is 0 Å². The SMILES string of the molecule is CCNC(CCC1CCCC1)c1ccc(Cl)cc1Cl. The normalized spacial score (nSPS) is 17.8. The van der Waals surface area contributed by atoms with E-state index in [-0.39, 0.29) is 0 Å². The third-order valence-corrected chi connectivity index (χ3v) is 4.69. The Bertz CT molecular complexity index is 400. The van der Waals surface area contributed by atoms with E-state index in [2.05, 4.69) is 18.3 Å². The van der Waals surface area contributed by atoms with Crippen LogP contribution in [0.5, 0.6) is 0 Å². The summed E-state index contributed by atoms with van der Waals surface area (Å²) in [6, 6.07) is 6.20. The van der Waals surface area contributed by atoms with E-state index >= 15 is 0 Å². The van der Waals surface area contributed by atoms with Crippen molar-refractivity contribution in [2.24, 2.45) is 5.92 Å². The Balaban J connectivity index is 2.01. The van der Waals surface area contributed by atoms with Crippen LogP contribution in [0.4, 0.5) is 0 Å². The van der Waals surface area contributed by atoms with E-state index in [1.807, 2.05) is 12.1 Å². The van der Waals surface area contributed by atoms with E-state index in [0.717, 1.165) is 17.5 Å². The van der Waals surface area contributed by atoms with Crippen LogP contribution in [0.3, 0.4) is 0 Å². The van der Waals surface area contributed by atoms with Crippen molar-refractivity contribution in [1.82, 2.24) is 5.32 Å². The van der Waals surface area contributed by atoms with Crippen LogP contribution in [0.15, 0.2) is 18.2 Å². The fraction of sp³-hybridized carbons (Fsp3) is 0.625. The molecule has 0 aliphatic heterocycles. The largest absolute Gasteiger partial charge is 0.310 e. The highest BCUT2D eigenvalue weighted by atomic mass is 35.5. The van der Waals surface area contributed by atoms with Gasteiger partial charge in [0, 0.05) is 16.1 Å². The Hall–Kier alpha value is -0.240. The van der Waals surface area contributed by atoms with Crippen molar-refractivity contribution < 1.29 is 0 Å². The van der Waals surface area contributed by atoms with Crippen LogP contribution < -0.4 is 5.32 Å². The van der Waals surface area contributed by atoms with Crippen molar-refractivity contribution >= 4 is 23.2 Å². The van der Waals surface area contributed by atoms with Crippen LogP contribution in [0.2, 0.25) is 10.0 Å². The molecule has 1 aromatic carbocycles. The highest BCUT2D eigenvalue weighted by molar-refractivity contribution is 6.35. The summed E-state index contributed by atoms with van der Waals surface area (Å²) < 4.78 is 0. The summed E-state index contributed by atoms with van der Waals surface area (Å²) in [5.74, 6) is 0.923. The van der Waals surface area contributed by atoms with Gasteiger partial charge in [0.2, 0.25) is 0 Å². The lowest BCUT2D eigenvalue weighted by atomic mass is 9.94. The third-order valence-electron chi connectivity index (χ3n) is 4.13. The van der Waals surface area contributed by atoms with Gasteiger partial charge in [0.1, 0.15) is 0 Å². The quantitative estimate of drug-likeness (QED) is 0.719. The molecule has 2 rings (SSSR count). The average molecular weight is 300 g/mol. The summed E-state index contributed by atoms with van der Waals surface area (Å²) in [5.41, 5.74) is 1.19. The van der Waals surface area contributed by atoms with Crippen LogP contribution >= 0.6 is 23.2 Å². The van der Waals surface area contributed by atoms with Crippen LogP contribution in [0.25, 0.3) is 0 Å². The molecule has 1 aliphatic rings. The first kappa shape index (κ1) is 15.2. The molecule has 19 heavy (non-hydrogen) atoms. The second-order valence-corrected chi connectivity index (χ2v) is 6.35. The maximum atomic E-state index is 6.33. The van der Waals surface area contributed by atoms with Gasteiger partial charge >= 0.3 is 0 Å². The van der Waals surface area contributed by atoms with E-state index in [1.165, 1.54) is 44.1 Å². The second kappa shape index (κ2) is 7.52. The first-order valence-electron chi connectivity index (χ1n) is 7.39. The minimum absolute atomic E-state index is 0.357. The number of hydrogen-bond donors (Lipinski definition) is 1. The van der Waals surface area contributed by atoms with Crippen molar-refractivity contribution in [2.45, 2.75) is 51.5 Å². The van der Waals surface area contributed by atoms with E-state index in [1.54, 1.807) is 0 Å². The first-order valence-corrected chi connectivity index (χ1v) is 8.14. The Morgan fingerprint density at radius 1 is 1.26 bits per heavy atom. The van der Waals surface area contributed by atoms with Gasteiger partial charge in [0.05, 0.1) is 0 Å². The average Bonchev–Trinajstić information content (AvgIpc) is 2.88. The number of rotatable bonds is 6. The van der Waals surface area contributed by atoms with Gasteiger partial charge in [0.25, 0.3) is 0 Å². The van der Waals surface area contributed by atoms with E-state index in [4.69, 9.17) is 23.2 Å². The molecule has 1 aromatic rings. The topological polar surface area (TPSA) is 12.0 Å². The van der Waals surface area contributed by atoms with Gasteiger partial charge in [0.15, 0.2) is 0 Å². The molecule has 0 heterocycles. The molecule has 1 saturated carbocycles. The fourth-order valence-electron chi connectivity index (χ4n) is 3.10. The highest BCUT2D eigenvalue weighted by Crippen LogP contribution is 2.34. The number of hydrogen-bond acceptors (Lipinski definition) is 1. The standard InChI is InChI=1S/C16H23Cl2N/c1-2-19-16(10-7-12-5-3-4-6-12)14-9-8-13(17)11-15(14)18/h8-9,11-12,16,19H,2-7,10H2,1H3. The zero-order valence-electron chi connectivity index (χ0n) is 11.6. The Labute approximate surface area is 126 Å². The molecule has 0 aromatic heterocycles. The lowest BCUT2D eigenvalue weighted by Crippen LogP contribution is -2.21. The summed E-state index contributed by atoms with van der Waals surface area (Å²) in [4.78, 5) is 0. The predicted molar refractivity (Wildman–Crippen MR) is 84.1 cm³/mol. The molecule has 1 unspecified atom stereocenters. The van der Waals surface area contributed by atoms with Gasteiger partial charge in [-0.05, 0) is 43.0 Å². The minimum Gasteiger partial charge on any atom is -0.310 e. The lowest BCUT2D eigenvalue weighted by molar-refractivity contribution is 0.417. The molecule has 0 saturated heterocycles. The Morgan fingerprint density at radius 3 is 2.63 bits per heavy atom. The summed E-state index contributed by atoms with van der Waals surface area (Å²) >= 11 is 12.3. The van der Waals surface area contributed by atoms with Crippen LogP contribution in [0.1, 0.15) is 57.1 Å². The maximum Gasteiger partial charge on any atom is 0.0468 e. The molecule has 1 fully saturated rings. The van der Waals surface area contributed by atoms with Crippen molar-refractivity contribution in [3.05, 3.63) is 33.8 Å². The summed E-state index contributed by atoms with van der Waals surface area (Å²) in [6.45, 7) is 3.11. The maximum absolute atomic E-state index is 6.33. The Kier molecular flexibility index (Phi) is 6.00. The summed E-state index contributed by atoms with van der Waals surface area (Å²) in [6.07, 6.45) is 8.12. The number of benzene rings is 1. The molecule has 1 nitrogen and oxygen atoms in total. The second-order valence-electron chi connectivity index (χ2n) is 5.50. The molecule has 0 radical (unpaired) electrons.